The van der Waals surface area contributed by atoms with E-state index in [1.807, 2.05) is 0 Å². The second-order valence-corrected chi connectivity index (χ2v) is 6.72. The molecule has 0 amide bonds. The third-order valence-electron chi connectivity index (χ3n) is 4.79. The van der Waals surface area contributed by atoms with Crippen molar-refractivity contribution in [2.24, 2.45) is 0 Å². The molecule has 19 heavy (non-hydrogen) atoms. The van der Waals surface area contributed by atoms with Gasteiger partial charge >= 0.3 is 0 Å². The molecule has 1 aliphatic heterocycles. The lowest BCUT2D eigenvalue weighted by Crippen LogP contribution is -2.35. The van der Waals surface area contributed by atoms with E-state index in [-0.39, 0.29) is 0 Å². The highest BCUT2D eigenvalue weighted by molar-refractivity contribution is 9.10. The van der Waals surface area contributed by atoms with Gasteiger partial charge in [-0.25, -0.2) is 0 Å². The van der Waals surface area contributed by atoms with Crippen LogP contribution in [-0.4, -0.2) is 31.1 Å². The van der Waals surface area contributed by atoms with Gasteiger partial charge in [0.2, 0.25) is 0 Å². The van der Waals surface area contributed by atoms with Gasteiger partial charge < -0.3 is 5.32 Å². The first-order valence-corrected chi connectivity index (χ1v) is 8.26. The van der Waals surface area contributed by atoms with E-state index in [4.69, 9.17) is 0 Å². The number of rotatable bonds is 2. The van der Waals surface area contributed by atoms with E-state index >= 15 is 0 Å². The zero-order valence-electron chi connectivity index (χ0n) is 11.7. The lowest BCUT2D eigenvalue weighted by Gasteiger charge is -2.33. The fourth-order valence-corrected chi connectivity index (χ4v) is 4.25. The highest BCUT2D eigenvalue weighted by Gasteiger charge is 2.30. The smallest absolute Gasteiger partial charge is 0.0354 e. The Balaban J connectivity index is 1.78. The van der Waals surface area contributed by atoms with Gasteiger partial charge in [0.1, 0.15) is 0 Å². The molecule has 2 nitrogen and oxygen atoms in total. The summed E-state index contributed by atoms with van der Waals surface area (Å²) in [6.07, 6.45) is 6.43. The van der Waals surface area contributed by atoms with E-state index in [0.29, 0.717) is 6.04 Å². The van der Waals surface area contributed by atoms with Gasteiger partial charge in [-0.05, 0) is 69.4 Å². The highest BCUT2D eigenvalue weighted by atomic mass is 79.9. The number of halogens is 1. The molecule has 0 radical (unpaired) electrons. The molecule has 2 atom stereocenters. The predicted octanol–water partition coefficient (Wildman–Crippen LogP) is 3.51. The first-order chi connectivity index (χ1) is 9.27. The summed E-state index contributed by atoms with van der Waals surface area (Å²) in [5.41, 5.74) is 3.08. The number of benzene rings is 1. The number of fused-ring (bicyclic) bond motifs is 1. The third kappa shape index (κ3) is 2.74. The molecule has 104 valence electrons. The first-order valence-electron chi connectivity index (χ1n) is 7.47. The zero-order chi connectivity index (χ0) is 13.2. The van der Waals surface area contributed by atoms with Crippen molar-refractivity contribution < 1.29 is 0 Å². The van der Waals surface area contributed by atoms with Gasteiger partial charge in [0, 0.05) is 16.6 Å². The summed E-state index contributed by atoms with van der Waals surface area (Å²) in [4.78, 5) is 2.64. The number of nitrogens with zero attached hydrogens (tertiary/aromatic N) is 1. The average Bonchev–Trinajstić information content (AvgIpc) is 2.67. The van der Waals surface area contributed by atoms with E-state index in [9.17, 15) is 0 Å². The van der Waals surface area contributed by atoms with Crippen molar-refractivity contribution in [3.8, 4) is 0 Å². The molecule has 0 aromatic heterocycles. The molecule has 0 spiro atoms. The van der Waals surface area contributed by atoms with Crippen LogP contribution in [0.3, 0.4) is 0 Å². The van der Waals surface area contributed by atoms with Crippen LogP contribution in [0.15, 0.2) is 22.7 Å². The van der Waals surface area contributed by atoms with Crippen molar-refractivity contribution in [2.45, 2.75) is 44.2 Å². The van der Waals surface area contributed by atoms with Crippen LogP contribution in [0.5, 0.6) is 0 Å². The lowest BCUT2D eigenvalue weighted by atomic mass is 10.0. The second kappa shape index (κ2) is 5.94. The molecule has 1 fully saturated rings. The molecule has 1 saturated heterocycles. The molecule has 3 rings (SSSR count). The Morgan fingerprint density at radius 2 is 2.11 bits per heavy atom. The van der Waals surface area contributed by atoms with Crippen molar-refractivity contribution >= 4 is 15.9 Å². The Labute approximate surface area is 124 Å². The molecule has 3 heteroatoms. The van der Waals surface area contributed by atoms with Gasteiger partial charge in [0.05, 0.1) is 0 Å². The number of nitrogens with one attached hydrogen (secondary N) is 1. The van der Waals surface area contributed by atoms with E-state index in [1.165, 1.54) is 55.2 Å². The van der Waals surface area contributed by atoms with E-state index in [2.05, 4.69) is 51.4 Å². The molecule has 2 aliphatic rings. The number of hydrogen-bond donors (Lipinski definition) is 1. The summed E-state index contributed by atoms with van der Waals surface area (Å²) in [7, 11) is 2.33. The van der Waals surface area contributed by atoms with Gasteiger partial charge in [-0.15, -0.1) is 0 Å². The van der Waals surface area contributed by atoms with Gasteiger partial charge in [-0.1, -0.05) is 28.1 Å². The second-order valence-electron chi connectivity index (χ2n) is 5.86. The molecule has 0 saturated carbocycles. The summed E-state index contributed by atoms with van der Waals surface area (Å²) in [6, 6.07) is 8.05. The Bertz CT molecular complexity index is 438. The van der Waals surface area contributed by atoms with Crippen molar-refractivity contribution in [3.63, 3.8) is 0 Å². The topological polar surface area (TPSA) is 15.3 Å². The molecule has 1 N–H and O–H groups in total. The monoisotopic (exact) mass is 322 g/mol. The summed E-state index contributed by atoms with van der Waals surface area (Å²) < 4.78 is 1.29. The van der Waals surface area contributed by atoms with E-state index < -0.39 is 0 Å². The summed E-state index contributed by atoms with van der Waals surface area (Å²) >= 11 is 3.70. The molecule has 1 aliphatic carbocycles. The Morgan fingerprint density at radius 3 is 3.00 bits per heavy atom. The molecule has 1 aromatic carbocycles. The Kier molecular flexibility index (Phi) is 4.25. The minimum atomic E-state index is 0.621. The highest BCUT2D eigenvalue weighted by Crippen LogP contribution is 2.40. The van der Waals surface area contributed by atoms with Gasteiger partial charge in [-0.3, -0.25) is 4.90 Å². The van der Waals surface area contributed by atoms with Crippen LogP contribution in [0.4, 0.5) is 0 Å². The van der Waals surface area contributed by atoms with Crippen LogP contribution < -0.4 is 5.32 Å². The van der Waals surface area contributed by atoms with Crippen LogP contribution in [-0.2, 0) is 6.42 Å². The summed E-state index contributed by atoms with van der Waals surface area (Å²) in [5, 5.41) is 3.52. The van der Waals surface area contributed by atoms with Crippen LogP contribution in [0.2, 0.25) is 0 Å². The minimum absolute atomic E-state index is 0.621. The zero-order valence-corrected chi connectivity index (χ0v) is 13.2. The average molecular weight is 323 g/mol. The molecule has 1 aromatic rings. The maximum atomic E-state index is 3.70. The maximum absolute atomic E-state index is 3.70. The van der Waals surface area contributed by atoms with Crippen LogP contribution in [0, 0.1) is 0 Å². The van der Waals surface area contributed by atoms with Gasteiger partial charge in [0.25, 0.3) is 0 Å². The molecular weight excluding hydrogens is 300 g/mol. The third-order valence-corrected chi connectivity index (χ3v) is 5.54. The van der Waals surface area contributed by atoms with Crippen molar-refractivity contribution in [2.75, 3.05) is 20.1 Å². The molecule has 1 heterocycles. The predicted molar refractivity (Wildman–Crippen MR) is 83.5 cm³/mol. The summed E-state index contributed by atoms with van der Waals surface area (Å²) in [6.45, 7) is 2.37. The maximum Gasteiger partial charge on any atom is 0.0354 e. The van der Waals surface area contributed by atoms with Crippen molar-refractivity contribution in [3.05, 3.63) is 33.8 Å². The quantitative estimate of drug-likeness (QED) is 0.896. The van der Waals surface area contributed by atoms with E-state index in [0.717, 1.165) is 6.04 Å². The fourth-order valence-electron chi connectivity index (χ4n) is 3.67. The Hall–Kier alpha value is -0.380. The van der Waals surface area contributed by atoms with Crippen LogP contribution >= 0.6 is 15.9 Å². The van der Waals surface area contributed by atoms with Gasteiger partial charge in [0.15, 0.2) is 0 Å². The van der Waals surface area contributed by atoms with Gasteiger partial charge in [-0.2, -0.15) is 0 Å². The fraction of sp³-hybridized carbons (Fsp3) is 0.625. The summed E-state index contributed by atoms with van der Waals surface area (Å²) in [5.74, 6) is 0. The minimum Gasteiger partial charge on any atom is -0.317 e. The van der Waals surface area contributed by atoms with Crippen molar-refractivity contribution in [1.29, 1.82) is 0 Å². The SMILES string of the molecule is CN(C1CCCNCC1)C1CCc2c(Br)cccc21. The molecule has 0 bridgehead atoms. The molecular formula is C16H23BrN2. The standard InChI is InChI=1S/C16H23BrN2/c1-19(12-4-3-10-18-11-9-12)16-8-7-13-14(16)5-2-6-15(13)17/h2,5-6,12,16,18H,3-4,7-11H2,1H3. The van der Waals surface area contributed by atoms with Crippen LogP contribution in [0.25, 0.3) is 0 Å². The lowest BCUT2D eigenvalue weighted by molar-refractivity contribution is 0.160. The normalized spacial score (nSPS) is 27.3. The van der Waals surface area contributed by atoms with Crippen molar-refractivity contribution in [1.82, 2.24) is 10.2 Å². The van der Waals surface area contributed by atoms with Crippen LogP contribution in [0.1, 0.15) is 42.9 Å². The Morgan fingerprint density at radius 1 is 1.21 bits per heavy atom. The first kappa shape index (κ1) is 13.6. The number of hydrogen-bond acceptors (Lipinski definition) is 2. The molecule has 2 unspecified atom stereocenters. The largest absolute Gasteiger partial charge is 0.317 e. The van der Waals surface area contributed by atoms with E-state index in [1.54, 1.807) is 5.56 Å².